The molecule has 0 fully saturated rings. The predicted molar refractivity (Wildman–Crippen MR) is 97.7 cm³/mol. The van der Waals surface area contributed by atoms with Gasteiger partial charge in [0.05, 0.1) is 11.6 Å². The molecule has 152 valence electrons. The number of nitrogens with one attached hydrogen (secondary N) is 2. The molecule has 1 heterocycles. The van der Waals surface area contributed by atoms with Crippen LogP contribution in [0.2, 0.25) is 0 Å². The first-order valence-electron chi connectivity index (χ1n) is 8.73. The third-order valence-corrected chi connectivity index (χ3v) is 4.61. The lowest BCUT2D eigenvalue weighted by Gasteiger charge is -2.35. The number of rotatable bonds is 4. The van der Waals surface area contributed by atoms with Crippen LogP contribution in [0.4, 0.5) is 28.0 Å². The van der Waals surface area contributed by atoms with Crippen molar-refractivity contribution in [2.75, 3.05) is 11.9 Å². The molecule has 29 heavy (non-hydrogen) atoms. The zero-order chi connectivity index (χ0) is 21.3. The third kappa shape index (κ3) is 3.94. The van der Waals surface area contributed by atoms with Crippen molar-refractivity contribution in [2.24, 2.45) is 0 Å². The Balaban J connectivity index is 2.05. The fourth-order valence-corrected chi connectivity index (χ4v) is 3.20. The maximum Gasteiger partial charge on any atom is 0.322 e. The van der Waals surface area contributed by atoms with Gasteiger partial charge in [-0.25, -0.2) is 22.4 Å². The fraction of sp³-hybridized carbons (Fsp3) is 0.200. The molecule has 0 aromatic heterocycles. The summed E-state index contributed by atoms with van der Waals surface area (Å²) in [6.45, 7) is 3.43. The monoisotopic (exact) mass is 407 g/mol. The first kappa shape index (κ1) is 20.4. The van der Waals surface area contributed by atoms with Gasteiger partial charge in [-0.2, -0.15) is 0 Å². The van der Waals surface area contributed by atoms with Crippen LogP contribution >= 0.6 is 0 Å². The Morgan fingerprint density at radius 3 is 2.41 bits per heavy atom. The fourth-order valence-electron chi connectivity index (χ4n) is 3.20. The molecule has 2 aromatic rings. The zero-order valence-corrected chi connectivity index (χ0v) is 15.5. The lowest BCUT2D eigenvalue weighted by atomic mass is 9.93. The summed E-state index contributed by atoms with van der Waals surface area (Å²) in [5.74, 6) is -4.72. The Labute approximate surface area is 164 Å². The Kier molecular flexibility index (Phi) is 5.58. The van der Waals surface area contributed by atoms with E-state index in [1.807, 2.05) is 0 Å². The Morgan fingerprint density at radius 1 is 1.07 bits per heavy atom. The Bertz CT molecular complexity index is 1020. The van der Waals surface area contributed by atoms with E-state index in [0.717, 1.165) is 24.3 Å². The van der Waals surface area contributed by atoms with Crippen LogP contribution in [0.25, 0.3) is 0 Å². The van der Waals surface area contributed by atoms with E-state index in [4.69, 9.17) is 0 Å². The van der Waals surface area contributed by atoms with Gasteiger partial charge in [0.1, 0.15) is 11.6 Å². The lowest BCUT2D eigenvalue weighted by Crippen LogP contribution is -2.48. The van der Waals surface area contributed by atoms with Gasteiger partial charge in [-0.1, -0.05) is 6.07 Å². The van der Waals surface area contributed by atoms with Crippen molar-refractivity contribution in [2.45, 2.75) is 19.9 Å². The number of amides is 3. The molecule has 0 saturated heterocycles. The first-order valence-corrected chi connectivity index (χ1v) is 8.73. The summed E-state index contributed by atoms with van der Waals surface area (Å²) in [5.41, 5.74) is 0.115. The van der Waals surface area contributed by atoms with Crippen molar-refractivity contribution in [1.82, 2.24) is 10.2 Å². The number of hydrogen-bond donors (Lipinski definition) is 2. The molecule has 5 nitrogen and oxygen atoms in total. The molecule has 9 heteroatoms. The third-order valence-electron chi connectivity index (χ3n) is 4.61. The average molecular weight is 407 g/mol. The van der Waals surface area contributed by atoms with E-state index in [0.29, 0.717) is 6.07 Å². The predicted octanol–water partition coefficient (Wildman–Crippen LogP) is 4.24. The molecular weight excluding hydrogens is 390 g/mol. The molecule has 3 amide bonds. The van der Waals surface area contributed by atoms with Crippen LogP contribution < -0.4 is 10.6 Å². The summed E-state index contributed by atoms with van der Waals surface area (Å²) in [5, 5.41) is 4.96. The number of allylic oxidation sites excluding steroid dienone is 1. The maximum absolute atomic E-state index is 14.4. The molecule has 0 unspecified atom stereocenters. The minimum absolute atomic E-state index is 0.0123. The Hall–Kier alpha value is -3.36. The number of carbonyl (C=O) groups is 2. The molecule has 3 rings (SSSR count). The second-order valence-corrected chi connectivity index (χ2v) is 6.37. The number of nitrogens with zero attached hydrogens (tertiary/aromatic N) is 1. The molecule has 1 atom stereocenters. The van der Waals surface area contributed by atoms with Gasteiger partial charge in [-0.15, -0.1) is 0 Å². The molecule has 0 radical (unpaired) electrons. The molecule has 0 spiro atoms. The summed E-state index contributed by atoms with van der Waals surface area (Å²) in [4.78, 5) is 26.6. The van der Waals surface area contributed by atoms with Crippen molar-refractivity contribution >= 4 is 17.6 Å². The molecule has 0 bridgehead atoms. The summed E-state index contributed by atoms with van der Waals surface area (Å²) in [7, 11) is 0. The first-order chi connectivity index (χ1) is 13.7. The van der Waals surface area contributed by atoms with Crippen LogP contribution in [-0.4, -0.2) is 23.4 Å². The number of urea groups is 1. The number of benzene rings is 2. The van der Waals surface area contributed by atoms with Gasteiger partial charge in [-0.05, 0) is 32.0 Å². The van der Waals surface area contributed by atoms with E-state index in [1.165, 1.54) is 17.9 Å². The largest absolute Gasteiger partial charge is 0.326 e. The topological polar surface area (TPSA) is 61.4 Å². The summed E-state index contributed by atoms with van der Waals surface area (Å²) >= 11 is 0. The van der Waals surface area contributed by atoms with Crippen LogP contribution in [0.1, 0.15) is 25.5 Å². The standard InChI is InChI=1S/C20H17F4N3O2/c1-3-27-10(2)17(19(28)25-12-5-7-14(22)16(24)9-12)18(26-20(27)29)13-6-4-11(21)8-15(13)23/h4-9,18H,3H2,1-2H3,(H,25,28)(H,26,29)/t18-/m0/s1. The van der Waals surface area contributed by atoms with Crippen LogP contribution in [0.3, 0.4) is 0 Å². The van der Waals surface area contributed by atoms with Gasteiger partial charge in [0.25, 0.3) is 5.91 Å². The SMILES string of the molecule is CCN1C(=O)N[C@@H](c2ccc(F)cc2F)C(C(=O)Nc2ccc(F)c(F)c2)=C1C. The molecule has 1 aliphatic rings. The van der Waals surface area contributed by atoms with Crippen LogP contribution in [0.5, 0.6) is 0 Å². The maximum atomic E-state index is 14.4. The van der Waals surface area contributed by atoms with Crippen LogP contribution in [-0.2, 0) is 4.79 Å². The second kappa shape index (κ2) is 7.94. The highest BCUT2D eigenvalue weighted by Crippen LogP contribution is 2.33. The number of halogens is 4. The highest BCUT2D eigenvalue weighted by Gasteiger charge is 2.36. The van der Waals surface area contributed by atoms with Crippen molar-refractivity contribution in [1.29, 1.82) is 0 Å². The minimum Gasteiger partial charge on any atom is -0.326 e. The molecule has 2 aromatic carbocycles. The highest BCUT2D eigenvalue weighted by atomic mass is 19.2. The second-order valence-electron chi connectivity index (χ2n) is 6.37. The molecule has 1 aliphatic heterocycles. The van der Waals surface area contributed by atoms with Gasteiger partial charge in [0.15, 0.2) is 11.6 Å². The van der Waals surface area contributed by atoms with E-state index < -0.39 is 41.2 Å². The summed E-state index contributed by atoms with van der Waals surface area (Å²) in [6.07, 6.45) is 0. The molecule has 0 saturated carbocycles. The smallest absolute Gasteiger partial charge is 0.322 e. The average Bonchev–Trinajstić information content (AvgIpc) is 2.64. The normalized spacial score (nSPS) is 16.7. The minimum atomic E-state index is -1.20. The number of anilines is 1. The summed E-state index contributed by atoms with van der Waals surface area (Å²) < 4.78 is 54.3. The quantitative estimate of drug-likeness (QED) is 0.745. The van der Waals surface area contributed by atoms with E-state index in [9.17, 15) is 27.2 Å². The van der Waals surface area contributed by atoms with Crippen molar-refractivity contribution in [3.05, 3.63) is 76.5 Å². The molecular formula is C20H17F4N3O2. The van der Waals surface area contributed by atoms with Crippen molar-refractivity contribution < 1.29 is 27.2 Å². The highest BCUT2D eigenvalue weighted by molar-refractivity contribution is 6.06. The van der Waals surface area contributed by atoms with Crippen molar-refractivity contribution in [3.8, 4) is 0 Å². The number of carbonyl (C=O) groups excluding carboxylic acids is 2. The van der Waals surface area contributed by atoms with Gasteiger partial charge < -0.3 is 10.6 Å². The van der Waals surface area contributed by atoms with E-state index in [2.05, 4.69) is 10.6 Å². The zero-order valence-electron chi connectivity index (χ0n) is 15.5. The number of hydrogen-bond acceptors (Lipinski definition) is 2. The molecule has 2 N–H and O–H groups in total. The summed E-state index contributed by atoms with van der Waals surface area (Å²) in [6, 6.07) is 3.86. The van der Waals surface area contributed by atoms with E-state index in [1.54, 1.807) is 6.92 Å². The Morgan fingerprint density at radius 2 is 1.79 bits per heavy atom. The van der Waals surface area contributed by atoms with E-state index >= 15 is 0 Å². The van der Waals surface area contributed by atoms with Crippen LogP contribution in [0, 0.1) is 23.3 Å². The van der Waals surface area contributed by atoms with Gasteiger partial charge in [0.2, 0.25) is 0 Å². The van der Waals surface area contributed by atoms with E-state index in [-0.39, 0.29) is 29.1 Å². The van der Waals surface area contributed by atoms with Gasteiger partial charge >= 0.3 is 6.03 Å². The van der Waals surface area contributed by atoms with Crippen molar-refractivity contribution in [3.63, 3.8) is 0 Å². The van der Waals surface area contributed by atoms with Gasteiger partial charge in [0, 0.05) is 35.6 Å². The van der Waals surface area contributed by atoms with Gasteiger partial charge in [-0.3, -0.25) is 9.69 Å². The lowest BCUT2D eigenvalue weighted by molar-refractivity contribution is -0.113. The van der Waals surface area contributed by atoms with Crippen LogP contribution in [0.15, 0.2) is 47.7 Å². The molecule has 0 aliphatic carbocycles.